The Morgan fingerprint density at radius 3 is 2.93 bits per heavy atom. The van der Waals surface area contributed by atoms with Gasteiger partial charge in [-0.05, 0) is 44.4 Å². The van der Waals surface area contributed by atoms with Crippen molar-refractivity contribution in [2.75, 3.05) is 0 Å². The maximum atomic E-state index is 11.0. The molecular formula is C12H21O3. The average molecular weight is 213 g/mol. The normalized spacial score (nSPS) is 28.7. The maximum absolute atomic E-state index is 11.0. The molecule has 1 rings (SSSR count). The van der Waals surface area contributed by atoms with Gasteiger partial charge in [-0.1, -0.05) is 13.3 Å². The highest BCUT2D eigenvalue weighted by Crippen LogP contribution is 2.33. The monoisotopic (exact) mass is 213 g/mol. The molecule has 0 heterocycles. The van der Waals surface area contributed by atoms with Crippen molar-refractivity contribution in [3.8, 4) is 0 Å². The van der Waals surface area contributed by atoms with Crippen LogP contribution in [0.3, 0.4) is 0 Å². The fourth-order valence-electron chi connectivity index (χ4n) is 2.42. The smallest absolute Gasteiger partial charge is 0.306 e. The molecule has 0 aromatic rings. The van der Waals surface area contributed by atoms with E-state index in [2.05, 4.69) is 6.42 Å². The molecule has 3 nitrogen and oxygen atoms in total. The van der Waals surface area contributed by atoms with E-state index < -0.39 is 5.97 Å². The zero-order valence-corrected chi connectivity index (χ0v) is 9.35. The van der Waals surface area contributed by atoms with E-state index in [9.17, 15) is 9.90 Å². The van der Waals surface area contributed by atoms with Crippen molar-refractivity contribution in [3.63, 3.8) is 0 Å². The van der Waals surface area contributed by atoms with Crippen LogP contribution in [-0.2, 0) is 4.79 Å². The standard InChI is InChI=1S/C12H21O3/c1-2-5-10(13)8-9-6-3-4-7-11(9)12(14)15/h3,9-11,13H,2,4-8H2,1H3,(H,14,15). The SMILES string of the molecule is CCCC(O)CC1C[CH]CCC1C(=O)O. The Morgan fingerprint density at radius 2 is 2.33 bits per heavy atom. The molecule has 1 fully saturated rings. The molecule has 3 heteroatoms. The first-order valence-electron chi connectivity index (χ1n) is 5.87. The third-order valence-electron chi connectivity index (χ3n) is 3.23. The number of hydrogen-bond acceptors (Lipinski definition) is 2. The van der Waals surface area contributed by atoms with E-state index in [1.807, 2.05) is 6.92 Å². The van der Waals surface area contributed by atoms with Crippen LogP contribution >= 0.6 is 0 Å². The number of aliphatic hydroxyl groups is 1. The van der Waals surface area contributed by atoms with E-state index in [-0.39, 0.29) is 17.9 Å². The number of carboxylic acids is 1. The molecule has 87 valence electrons. The average Bonchev–Trinajstić information content (AvgIpc) is 2.18. The summed E-state index contributed by atoms with van der Waals surface area (Å²) in [7, 11) is 0. The van der Waals surface area contributed by atoms with Gasteiger partial charge >= 0.3 is 5.97 Å². The number of hydrogen-bond donors (Lipinski definition) is 2. The largest absolute Gasteiger partial charge is 0.481 e. The number of carboxylic acid groups (broad SMARTS) is 1. The fraction of sp³-hybridized carbons (Fsp3) is 0.833. The number of aliphatic hydroxyl groups excluding tert-OH is 1. The molecule has 0 aliphatic heterocycles. The summed E-state index contributed by atoms with van der Waals surface area (Å²) in [5, 5.41) is 18.8. The minimum absolute atomic E-state index is 0.137. The van der Waals surface area contributed by atoms with Gasteiger partial charge in [-0.3, -0.25) is 4.79 Å². The van der Waals surface area contributed by atoms with Gasteiger partial charge in [0.25, 0.3) is 0 Å². The summed E-state index contributed by atoms with van der Waals surface area (Å²) in [4.78, 5) is 11.0. The first-order chi connectivity index (χ1) is 7.15. The van der Waals surface area contributed by atoms with Gasteiger partial charge in [0.2, 0.25) is 0 Å². The van der Waals surface area contributed by atoms with Crippen molar-refractivity contribution >= 4 is 5.97 Å². The summed E-state index contributed by atoms with van der Waals surface area (Å²) in [6.45, 7) is 2.03. The van der Waals surface area contributed by atoms with Crippen molar-refractivity contribution < 1.29 is 15.0 Å². The summed E-state index contributed by atoms with van der Waals surface area (Å²) in [5.41, 5.74) is 0. The van der Waals surface area contributed by atoms with Gasteiger partial charge < -0.3 is 10.2 Å². The van der Waals surface area contributed by atoms with Gasteiger partial charge in [0.1, 0.15) is 0 Å². The van der Waals surface area contributed by atoms with Gasteiger partial charge in [0, 0.05) is 0 Å². The predicted octanol–water partition coefficient (Wildman–Crippen LogP) is 2.24. The highest BCUT2D eigenvalue weighted by molar-refractivity contribution is 5.70. The molecule has 0 spiro atoms. The van der Waals surface area contributed by atoms with Crippen molar-refractivity contribution in [2.24, 2.45) is 11.8 Å². The topological polar surface area (TPSA) is 57.5 Å². The highest BCUT2D eigenvalue weighted by atomic mass is 16.4. The lowest BCUT2D eigenvalue weighted by Crippen LogP contribution is -2.30. The van der Waals surface area contributed by atoms with E-state index >= 15 is 0 Å². The molecule has 0 saturated heterocycles. The van der Waals surface area contributed by atoms with Gasteiger partial charge in [-0.15, -0.1) is 0 Å². The lowest BCUT2D eigenvalue weighted by Gasteiger charge is -2.29. The van der Waals surface area contributed by atoms with Crippen molar-refractivity contribution in [1.82, 2.24) is 0 Å². The molecular weight excluding hydrogens is 192 g/mol. The molecule has 0 aromatic carbocycles. The summed E-state index contributed by atoms with van der Waals surface area (Å²) in [6.07, 6.45) is 6.68. The fourth-order valence-corrected chi connectivity index (χ4v) is 2.42. The van der Waals surface area contributed by atoms with Crippen LogP contribution < -0.4 is 0 Å². The first kappa shape index (κ1) is 12.5. The van der Waals surface area contributed by atoms with Crippen LogP contribution in [0.2, 0.25) is 0 Å². The van der Waals surface area contributed by atoms with Crippen LogP contribution in [0.4, 0.5) is 0 Å². The summed E-state index contributed by atoms with van der Waals surface area (Å²) < 4.78 is 0. The zero-order chi connectivity index (χ0) is 11.3. The minimum Gasteiger partial charge on any atom is -0.481 e. The van der Waals surface area contributed by atoms with E-state index in [4.69, 9.17) is 5.11 Å². The van der Waals surface area contributed by atoms with E-state index in [0.29, 0.717) is 6.42 Å². The van der Waals surface area contributed by atoms with E-state index in [0.717, 1.165) is 32.1 Å². The number of rotatable bonds is 5. The molecule has 0 aromatic heterocycles. The Hall–Kier alpha value is -0.570. The van der Waals surface area contributed by atoms with Crippen LogP contribution in [0.15, 0.2) is 0 Å². The molecule has 3 unspecified atom stereocenters. The van der Waals surface area contributed by atoms with Gasteiger partial charge in [-0.2, -0.15) is 0 Å². The van der Waals surface area contributed by atoms with Crippen LogP contribution in [0.1, 0.15) is 45.4 Å². The molecule has 15 heavy (non-hydrogen) atoms. The third kappa shape index (κ3) is 3.82. The predicted molar refractivity (Wildman–Crippen MR) is 58.3 cm³/mol. The Kier molecular flexibility index (Phi) is 5.09. The van der Waals surface area contributed by atoms with Crippen LogP contribution in [0.25, 0.3) is 0 Å². The Morgan fingerprint density at radius 1 is 1.60 bits per heavy atom. The minimum atomic E-state index is -0.697. The van der Waals surface area contributed by atoms with Crippen molar-refractivity contribution in [1.29, 1.82) is 0 Å². The second kappa shape index (κ2) is 6.11. The highest BCUT2D eigenvalue weighted by Gasteiger charge is 2.31. The quantitative estimate of drug-likeness (QED) is 0.736. The lowest BCUT2D eigenvalue weighted by molar-refractivity contribution is -0.145. The van der Waals surface area contributed by atoms with Gasteiger partial charge in [0.15, 0.2) is 0 Å². The molecule has 1 saturated carbocycles. The van der Waals surface area contributed by atoms with Crippen LogP contribution in [0, 0.1) is 18.3 Å². The summed E-state index contributed by atoms with van der Waals surface area (Å²) >= 11 is 0. The van der Waals surface area contributed by atoms with Crippen LogP contribution in [0.5, 0.6) is 0 Å². The lowest BCUT2D eigenvalue weighted by atomic mass is 9.76. The molecule has 0 bridgehead atoms. The first-order valence-corrected chi connectivity index (χ1v) is 5.87. The Bertz CT molecular complexity index is 203. The van der Waals surface area contributed by atoms with Crippen molar-refractivity contribution in [2.45, 2.75) is 51.6 Å². The van der Waals surface area contributed by atoms with Gasteiger partial charge in [0.05, 0.1) is 12.0 Å². The Labute approximate surface area is 91.5 Å². The van der Waals surface area contributed by atoms with Crippen molar-refractivity contribution in [3.05, 3.63) is 6.42 Å². The molecule has 0 amide bonds. The third-order valence-corrected chi connectivity index (χ3v) is 3.23. The van der Waals surface area contributed by atoms with E-state index in [1.165, 1.54) is 0 Å². The number of aliphatic carboxylic acids is 1. The molecule has 1 aliphatic carbocycles. The second-order valence-electron chi connectivity index (χ2n) is 4.48. The maximum Gasteiger partial charge on any atom is 0.306 e. The molecule has 1 aliphatic rings. The molecule has 2 N–H and O–H groups in total. The molecule has 3 atom stereocenters. The number of carbonyl (C=O) groups is 1. The van der Waals surface area contributed by atoms with E-state index in [1.54, 1.807) is 0 Å². The Balaban J connectivity index is 2.45. The second-order valence-corrected chi connectivity index (χ2v) is 4.48. The van der Waals surface area contributed by atoms with Gasteiger partial charge in [-0.25, -0.2) is 0 Å². The van der Waals surface area contributed by atoms with Crippen LogP contribution in [-0.4, -0.2) is 22.3 Å². The zero-order valence-electron chi connectivity index (χ0n) is 9.35. The summed E-state index contributed by atoms with van der Waals surface area (Å²) in [5.74, 6) is -0.809. The summed E-state index contributed by atoms with van der Waals surface area (Å²) in [6, 6.07) is 0. The molecule has 1 radical (unpaired) electrons.